The summed E-state index contributed by atoms with van der Waals surface area (Å²) >= 11 is 9.23. The van der Waals surface area contributed by atoms with Crippen LogP contribution >= 0.6 is 27.5 Å². The van der Waals surface area contributed by atoms with Gasteiger partial charge in [0.05, 0.1) is 5.02 Å². The molecule has 0 radical (unpaired) electrons. The molecule has 0 heterocycles. The van der Waals surface area contributed by atoms with Crippen molar-refractivity contribution in [1.82, 2.24) is 5.32 Å². The zero-order chi connectivity index (χ0) is 16.0. The molecule has 0 saturated carbocycles. The van der Waals surface area contributed by atoms with E-state index in [1.807, 2.05) is 6.92 Å². The lowest BCUT2D eigenvalue weighted by molar-refractivity contribution is -0.143. The molecule has 1 amide bonds. The van der Waals surface area contributed by atoms with E-state index in [1.165, 1.54) is 0 Å². The third-order valence-electron chi connectivity index (χ3n) is 3.05. The van der Waals surface area contributed by atoms with Gasteiger partial charge in [-0.15, -0.1) is 0 Å². The molecule has 21 heavy (non-hydrogen) atoms. The number of carboxylic acid groups (broad SMARTS) is 1. The minimum Gasteiger partial charge on any atom is -0.482 e. The standard InChI is InChI=1S/C14H17BrClNO4/c1-3-8(2)13(14(19)20)17-12(18)7-21-11-5-4-9(15)6-10(11)16/h4-6,8,13H,3,7H2,1-2H3,(H,17,18)(H,19,20). The van der Waals surface area contributed by atoms with Crippen molar-refractivity contribution in [2.45, 2.75) is 26.3 Å². The fourth-order valence-electron chi connectivity index (χ4n) is 1.63. The van der Waals surface area contributed by atoms with E-state index in [4.69, 9.17) is 21.4 Å². The van der Waals surface area contributed by atoms with Gasteiger partial charge in [0.15, 0.2) is 6.61 Å². The van der Waals surface area contributed by atoms with Crippen LogP contribution in [-0.2, 0) is 9.59 Å². The lowest BCUT2D eigenvalue weighted by atomic mass is 9.99. The number of benzene rings is 1. The predicted molar refractivity (Wildman–Crippen MR) is 83.7 cm³/mol. The van der Waals surface area contributed by atoms with Crippen LogP contribution in [0.4, 0.5) is 0 Å². The molecule has 0 aliphatic rings. The van der Waals surface area contributed by atoms with Crippen LogP contribution in [0, 0.1) is 5.92 Å². The van der Waals surface area contributed by atoms with E-state index in [-0.39, 0.29) is 12.5 Å². The predicted octanol–water partition coefficient (Wildman–Crippen LogP) is 3.10. The molecule has 0 aliphatic carbocycles. The Balaban J connectivity index is 2.58. The highest BCUT2D eigenvalue weighted by Crippen LogP contribution is 2.27. The van der Waals surface area contributed by atoms with E-state index in [0.29, 0.717) is 17.2 Å². The van der Waals surface area contributed by atoms with Crippen molar-refractivity contribution < 1.29 is 19.4 Å². The lowest BCUT2D eigenvalue weighted by Crippen LogP contribution is -2.46. The molecule has 5 nitrogen and oxygen atoms in total. The molecule has 1 rings (SSSR count). The monoisotopic (exact) mass is 377 g/mol. The summed E-state index contributed by atoms with van der Waals surface area (Å²) in [6.45, 7) is 3.35. The van der Waals surface area contributed by atoms with E-state index >= 15 is 0 Å². The van der Waals surface area contributed by atoms with Gasteiger partial charge in [0.2, 0.25) is 0 Å². The van der Waals surface area contributed by atoms with E-state index in [2.05, 4.69) is 21.2 Å². The Morgan fingerprint density at radius 3 is 2.67 bits per heavy atom. The van der Waals surface area contributed by atoms with Gasteiger partial charge in [0, 0.05) is 4.47 Å². The quantitative estimate of drug-likeness (QED) is 0.764. The Kier molecular flexibility index (Phi) is 6.98. The summed E-state index contributed by atoms with van der Waals surface area (Å²) in [5, 5.41) is 11.9. The van der Waals surface area contributed by atoms with Crippen molar-refractivity contribution >= 4 is 39.4 Å². The number of carboxylic acids is 1. The van der Waals surface area contributed by atoms with Gasteiger partial charge in [0.1, 0.15) is 11.8 Å². The SMILES string of the molecule is CCC(C)C(NC(=O)COc1ccc(Br)cc1Cl)C(=O)O. The Bertz CT molecular complexity index is 524. The summed E-state index contributed by atoms with van der Waals surface area (Å²) < 4.78 is 6.09. The zero-order valence-electron chi connectivity index (χ0n) is 11.7. The van der Waals surface area contributed by atoms with Crippen LogP contribution in [-0.4, -0.2) is 29.6 Å². The average Bonchev–Trinajstić information content (AvgIpc) is 2.42. The molecule has 0 fully saturated rings. The molecule has 0 spiro atoms. The first kappa shape index (κ1) is 17.8. The molecule has 1 aromatic rings. The lowest BCUT2D eigenvalue weighted by Gasteiger charge is -2.20. The van der Waals surface area contributed by atoms with Crippen LogP contribution in [0.15, 0.2) is 22.7 Å². The van der Waals surface area contributed by atoms with Gasteiger partial charge in [-0.2, -0.15) is 0 Å². The van der Waals surface area contributed by atoms with E-state index in [9.17, 15) is 9.59 Å². The smallest absolute Gasteiger partial charge is 0.326 e. The van der Waals surface area contributed by atoms with Gasteiger partial charge in [-0.05, 0) is 24.1 Å². The van der Waals surface area contributed by atoms with Gasteiger partial charge >= 0.3 is 5.97 Å². The number of hydrogen-bond donors (Lipinski definition) is 2. The first-order valence-corrected chi connectivity index (χ1v) is 7.62. The average molecular weight is 379 g/mol. The Morgan fingerprint density at radius 2 is 2.14 bits per heavy atom. The molecule has 1 aromatic carbocycles. The molecular weight excluding hydrogens is 362 g/mol. The van der Waals surface area contributed by atoms with Crippen molar-refractivity contribution in [2.24, 2.45) is 5.92 Å². The van der Waals surface area contributed by atoms with E-state index < -0.39 is 17.9 Å². The summed E-state index contributed by atoms with van der Waals surface area (Å²) in [7, 11) is 0. The number of rotatable bonds is 7. The molecular formula is C14H17BrClNO4. The second-order valence-electron chi connectivity index (χ2n) is 4.63. The third-order valence-corrected chi connectivity index (χ3v) is 3.84. The normalized spacial score (nSPS) is 13.3. The van der Waals surface area contributed by atoms with Gasteiger partial charge < -0.3 is 15.2 Å². The van der Waals surface area contributed by atoms with Crippen molar-refractivity contribution in [3.63, 3.8) is 0 Å². The van der Waals surface area contributed by atoms with Gasteiger partial charge in [-0.3, -0.25) is 4.79 Å². The number of amides is 1. The number of carbonyl (C=O) groups is 2. The summed E-state index contributed by atoms with van der Waals surface area (Å²) in [5.41, 5.74) is 0. The zero-order valence-corrected chi connectivity index (χ0v) is 14.1. The fraction of sp³-hybridized carbons (Fsp3) is 0.429. The van der Waals surface area contributed by atoms with Crippen LogP contribution < -0.4 is 10.1 Å². The molecule has 0 aromatic heterocycles. The van der Waals surface area contributed by atoms with Crippen molar-refractivity contribution in [1.29, 1.82) is 0 Å². The van der Waals surface area contributed by atoms with E-state index in [0.717, 1.165) is 4.47 Å². The van der Waals surface area contributed by atoms with E-state index in [1.54, 1.807) is 25.1 Å². The van der Waals surface area contributed by atoms with Crippen LogP contribution in [0.1, 0.15) is 20.3 Å². The minimum atomic E-state index is -1.06. The van der Waals surface area contributed by atoms with Crippen molar-refractivity contribution in [2.75, 3.05) is 6.61 Å². The van der Waals surface area contributed by atoms with Gasteiger partial charge in [0.25, 0.3) is 5.91 Å². The minimum absolute atomic E-state index is 0.164. The first-order valence-electron chi connectivity index (χ1n) is 6.45. The molecule has 0 saturated heterocycles. The molecule has 0 bridgehead atoms. The molecule has 2 unspecified atom stereocenters. The number of hydrogen-bond acceptors (Lipinski definition) is 3. The number of carbonyl (C=O) groups excluding carboxylic acids is 1. The van der Waals surface area contributed by atoms with Gasteiger partial charge in [-0.1, -0.05) is 47.8 Å². The third kappa shape index (κ3) is 5.55. The Morgan fingerprint density at radius 1 is 1.48 bits per heavy atom. The maximum Gasteiger partial charge on any atom is 0.326 e. The summed E-state index contributed by atoms with van der Waals surface area (Å²) in [6, 6.07) is 4.08. The number of nitrogens with one attached hydrogen (secondary N) is 1. The van der Waals surface area contributed by atoms with Crippen LogP contribution in [0.25, 0.3) is 0 Å². The number of halogens is 2. The topological polar surface area (TPSA) is 75.6 Å². The van der Waals surface area contributed by atoms with Crippen LogP contribution in [0.5, 0.6) is 5.75 Å². The van der Waals surface area contributed by atoms with Crippen molar-refractivity contribution in [3.05, 3.63) is 27.7 Å². The summed E-state index contributed by atoms with van der Waals surface area (Å²) in [5.74, 6) is -1.35. The highest BCUT2D eigenvalue weighted by molar-refractivity contribution is 9.10. The maximum absolute atomic E-state index is 11.8. The summed E-state index contributed by atoms with van der Waals surface area (Å²) in [6.07, 6.45) is 0.649. The highest BCUT2D eigenvalue weighted by Gasteiger charge is 2.25. The second kappa shape index (κ2) is 8.24. The molecule has 0 aliphatic heterocycles. The second-order valence-corrected chi connectivity index (χ2v) is 5.96. The Hall–Kier alpha value is -1.27. The maximum atomic E-state index is 11.8. The highest BCUT2D eigenvalue weighted by atomic mass is 79.9. The fourth-order valence-corrected chi connectivity index (χ4v) is 2.36. The van der Waals surface area contributed by atoms with Gasteiger partial charge in [-0.25, -0.2) is 4.79 Å². The molecule has 2 atom stereocenters. The molecule has 7 heteroatoms. The number of ether oxygens (including phenoxy) is 1. The molecule has 2 N–H and O–H groups in total. The number of aliphatic carboxylic acids is 1. The Labute approximate surface area is 136 Å². The summed E-state index contributed by atoms with van der Waals surface area (Å²) in [4.78, 5) is 22.9. The van der Waals surface area contributed by atoms with Crippen LogP contribution in [0.2, 0.25) is 5.02 Å². The largest absolute Gasteiger partial charge is 0.482 e. The van der Waals surface area contributed by atoms with Crippen LogP contribution in [0.3, 0.4) is 0 Å². The van der Waals surface area contributed by atoms with Crippen molar-refractivity contribution in [3.8, 4) is 5.75 Å². The first-order chi connectivity index (χ1) is 9.85. The molecule has 116 valence electrons.